The van der Waals surface area contributed by atoms with Crippen molar-refractivity contribution in [1.82, 2.24) is 9.71 Å². The van der Waals surface area contributed by atoms with Crippen LogP contribution in [0.2, 0.25) is 0 Å². The molecule has 3 N–H and O–H groups in total. The van der Waals surface area contributed by atoms with E-state index in [1.165, 1.54) is 6.07 Å². The predicted octanol–water partition coefficient (Wildman–Crippen LogP) is 0.693. The molecule has 1 aromatic rings. The second-order valence-corrected chi connectivity index (χ2v) is 6.21. The Morgan fingerprint density at radius 1 is 1.35 bits per heavy atom. The van der Waals surface area contributed by atoms with Crippen LogP contribution in [0.1, 0.15) is 29.4 Å². The molecule has 1 heterocycles. The van der Waals surface area contributed by atoms with Crippen molar-refractivity contribution < 1.29 is 18.3 Å². The number of nitrogens with one attached hydrogen (secondary N) is 2. The molecule has 0 radical (unpaired) electrons. The Morgan fingerprint density at radius 3 is 2.60 bits per heavy atom. The first-order valence-corrected chi connectivity index (χ1v) is 8.13. The smallest absolute Gasteiger partial charge is 0.335 e. The zero-order valence-corrected chi connectivity index (χ0v) is 12.3. The number of pyridine rings is 1. The number of sulfonamides is 1. The summed E-state index contributed by atoms with van der Waals surface area (Å²) >= 11 is 0. The van der Waals surface area contributed by atoms with Gasteiger partial charge in [-0.3, -0.25) is 0 Å². The molecule has 0 aliphatic carbocycles. The molecule has 1 aromatic heterocycles. The summed E-state index contributed by atoms with van der Waals surface area (Å²) < 4.78 is 24.1. The first-order chi connectivity index (χ1) is 9.31. The molecule has 0 saturated heterocycles. The second kappa shape index (κ2) is 7.20. The Balaban J connectivity index is 2.71. The molecule has 8 heteroatoms. The highest BCUT2D eigenvalue weighted by molar-refractivity contribution is 7.88. The van der Waals surface area contributed by atoms with Crippen LogP contribution in [-0.4, -0.2) is 43.8 Å². The van der Waals surface area contributed by atoms with E-state index in [1.54, 1.807) is 6.07 Å². The van der Waals surface area contributed by atoms with E-state index in [-0.39, 0.29) is 12.1 Å². The number of rotatable bonds is 8. The molecule has 0 aliphatic rings. The van der Waals surface area contributed by atoms with Gasteiger partial charge in [0.15, 0.2) is 0 Å². The van der Waals surface area contributed by atoms with Gasteiger partial charge >= 0.3 is 5.97 Å². The Labute approximate surface area is 118 Å². The number of hydrogen-bond donors (Lipinski definition) is 3. The van der Waals surface area contributed by atoms with E-state index in [0.29, 0.717) is 24.5 Å². The average molecular weight is 301 g/mol. The van der Waals surface area contributed by atoms with Gasteiger partial charge in [-0.1, -0.05) is 13.3 Å². The van der Waals surface area contributed by atoms with E-state index >= 15 is 0 Å². The van der Waals surface area contributed by atoms with E-state index < -0.39 is 16.0 Å². The summed E-state index contributed by atoms with van der Waals surface area (Å²) in [6.45, 7) is 2.52. The van der Waals surface area contributed by atoms with Gasteiger partial charge in [0, 0.05) is 18.8 Å². The van der Waals surface area contributed by atoms with Crippen molar-refractivity contribution in [2.75, 3.05) is 24.7 Å². The SMILES string of the molecule is CCCc1cc(C(=O)O)cc(NCCNS(C)(=O)=O)n1. The predicted molar refractivity (Wildman–Crippen MR) is 76.5 cm³/mol. The molecular formula is C12H19N3O4S. The number of hydrogen-bond acceptors (Lipinski definition) is 5. The number of aromatic carboxylic acids is 1. The molecular weight excluding hydrogens is 282 g/mol. The van der Waals surface area contributed by atoms with Gasteiger partial charge in [0.2, 0.25) is 10.0 Å². The molecule has 20 heavy (non-hydrogen) atoms. The van der Waals surface area contributed by atoms with E-state index in [4.69, 9.17) is 5.11 Å². The largest absolute Gasteiger partial charge is 0.478 e. The minimum Gasteiger partial charge on any atom is -0.478 e. The molecule has 0 fully saturated rings. The third-order valence-electron chi connectivity index (χ3n) is 2.43. The number of aromatic nitrogens is 1. The highest BCUT2D eigenvalue weighted by Gasteiger charge is 2.08. The fraction of sp³-hybridized carbons (Fsp3) is 0.500. The van der Waals surface area contributed by atoms with Crippen molar-refractivity contribution in [3.63, 3.8) is 0 Å². The quantitative estimate of drug-likeness (QED) is 0.610. The lowest BCUT2D eigenvalue weighted by Gasteiger charge is -2.09. The Hall–Kier alpha value is -1.67. The van der Waals surface area contributed by atoms with Crippen molar-refractivity contribution in [2.24, 2.45) is 0 Å². The van der Waals surface area contributed by atoms with Crippen LogP contribution in [0.15, 0.2) is 12.1 Å². The van der Waals surface area contributed by atoms with E-state index in [1.807, 2.05) is 6.92 Å². The molecule has 0 aromatic carbocycles. The van der Waals surface area contributed by atoms with Crippen molar-refractivity contribution in [2.45, 2.75) is 19.8 Å². The number of anilines is 1. The number of carboxylic acid groups (broad SMARTS) is 1. The third-order valence-corrected chi connectivity index (χ3v) is 3.16. The maximum Gasteiger partial charge on any atom is 0.335 e. The molecule has 7 nitrogen and oxygen atoms in total. The van der Waals surface area contributed by atoms with Gasteiger partial charge in [0.05, 0.1) is 11.8 Å². The maximum absolute atomic E-state index is 11.0. The van der Waals surface area contributed by atoms with Crippen LogP contribution in [0.5, 0.6) is 0 Å². The molecule has 0 unspecified atom stereocenters. The minimum absolute atomic E-state index is 0.169. The normalized spacial score (nSPS) is 11.3. The van der Waals surface area contributed by atoms with Crippen molar-refractivity contribution in [1.29, 1.82) is 0 Å². The van der Waals surface area contributed by atoms with Crippen LogP contribution < -0.4 is 10.0 Å². The molecule has 0 atom stereocenters. The van der Waals surface area contributed by atoms with Crippen LogP contribution in [-0.2, 0) is 16.4 Å². The summed E-state index contributed by atoms with van der Waals surface area (Å²) in [4.78, 5) is 15.3. The molecule has 112 valence electrons. The zero-order valence-electron chi connectivity index (χ0n) is 11.5. The van der Waals surface area contributed by atoms with Gasteiger partial charge in [0.1, 0.15) is 5.82 Å². The highest BCUT2D eigenvalue weighted by atomic mass is 32.2. The number of carbonyl (C=O) groups is 1. The third kappa shape index (κ3) is 5.98. The van der Waals surface area contributed by atoms with Crippen LogP contribution in [0, 0.1) is 0 Å². The Morgan fingerprint density at radius 2 is 2.05 bits per heavy atom. The standard InChI is InChI=1S/C12H19N3O4S/c1-3-4-10-7-9(12(16)17)8-11(15-10)13-5-6-14-20(2,18)19/h7-8,14H,3-6H2,1-2H3,(H,13,15)(H,16,17). The molecule has 1 rings (SSSR count). The van der Waals surface area contributed by atoms with E-state index in [9.17, 15) is 13.2 Å². The monoisotopic (exact) mass is 301 g/mol. The van der Waals surface area contributed by atoms with Crippen LogP contribution >= 0.6 is 0 Å². The maximum atomic E-state index is 11.0. The number of aryl methyl sites for hydroxylation is 1. The van der Waals surface area contributed by atoms with Crippen LogP contribution in [0.25, 0.3) is 0 Å². The molecule has 0 bridgehead atoms. The summed E-state index contributed by atoms with van der Waals surface area (Å²) in [7, 11) is -3.22. The highest BCUT2D eigenvalue weighted by Crippen LogP contribution is 2.12. The van der Waals surface area contributed by atoms with Gasteiger partial charge in [-0.25, -0.2) is 22.9 Å². The van der Waals surface area contributed by atoms with E-state index in [0.717, 1.165) is 12.7 Å². The number of carboxylic acids is 1. The summed E-state index contributed by atoms with van der Waals surface area (Å²) in [6.07, 6.45) is 2.64. The lowest BCUT2D eigenvalue weighted by molar-refractivity contribution is 0.0696. The second-order valence-electron chi connectivity index (χ2n) is 4.38. The lowest BCUT2D eigenvalue weighted by atomic mass is 10.1. The van der Waals surface area contributed by atoms with Crippen molar-refractivity contribution in [3.05, 3.63) is 23.4 Å². The van der Waals surface area contributed by atoms with Gasteiger partial charge in [-0.05, 0) is 18.6 Å². The first-order valence-electron chi connectivity index (χ1n) is 6.24. The van der Waals surface area contributed by atoms with Gasteiger partial charge in [0.25, 0.3) is 0 Å². The van der Waals surface area contributed by atoms with Crippen molar-refractivity contribution >= 4 is 21.8 Å². The summed E-state index contributed by atoms with van der Waals surface area (Å²) in [5.74, 6) is -0.578. The fourth-order valence-electron chi connectivity index (χ4n) is 1.61. The lowest BCUT2D eigenvalue weighted by Crippen LogP contribution is -2.27. The Kier molecular flexibility index (Phi) is 5.90. The van der Waals surface area contributed by atoms with Crippen molar-refractivity contribution in [3.8, 4) is 0 Å². The first kappa shape index (κ1) is 16.4. The summed E-state index contributed by atoms with van der Waals surface area (Å²) in [6, 6.07) is 2.98. The van der Waals surface area contributed by atoms with Crippen LogP contribution in [0.4, 0.5) is 5.82 Å². The Bertz CT molecular complexity index is 572. The zero-order chi connectivity index (χ0) is 15.2. The van der Waals surface area contributed by atoms with Crippen LogP contribution in [0.3, 0.4) is 0 Å². The minimum atomic E-state index is -3.22. The number of nitrogens with zero attached hydrogens (tertiary/aromatic N) is 1. The molecule has 0 spiro atoms. The molecule has 0 aliphatic heterocycles. The van der Waals surface area contributed by atoms with Gasteiger partial charge in [-0.15, -0.1) is 0 Å². The topological polar surface area (TPSA) is 108 Å². The summed E-state index contributed by atoms with van der Waals surface area (Å²) in [5.41, 5.74) is 0.869. The summed E-state index contributed by atoms with van der Waals surface area (Å²) in [5, 5.41) is 11.9. The fourth-order valence-corrected chi connectivity index (χ4v) is 2.09. The molecule has 0 amide bonds. The van der Waals surface area contributed by atoms with Gasteiger partial charge in [-0.2, -0.15) is 0 Å². The average Bonchev–Trinajstić information content (AvgIpc) is 2.33. The van der Waals surface area contributed by atoms with Gasteiger partial charge < -0.3 is 10.4 Å². The molecule has 0 saturated carbocycles. The van der Waals surface area contributed by atoms with E-state index in [2.05, 4.69) is 15.0 Å².